The predicted molar refractivity (Wildman–Crippen MR) is 282 cm³/mol. The summed E-state index contributed by atoms with van der Waals surface area (Å²) in [5.74, 6) is -0.503. The van der Waals surface area contributed by atoms with Crippen LogP contribution in [0.4, 0.5) is 0 Å². The lowest BCUT2D eigenvalue weighted by molar-refractivity contribution is -0.151. The van der Waals surface area contributed by atoms with Gasteiger partial charge in [0, 0.05) is 6.42 Å². The number of rotatable bonds is 51. The summed E-state index contributed by atoms with van der Waals surface area (Å²) in [6.45, 7) is 6.37. The van der Waals surface area contributed by atoms with Gasteiger partial charge in [-0.3, -0.25) is 9.59 Å². The van der Waals surface area contributed by atoms with E-state index in [1.54, 1.807) is 0 Å². The molecule has 6 nitrogen and oxygen atoms in total. The van der Waals surface area contributed by atoms with Crippen molar-refractivity contribution in [2.75, 3.05) is 6.61 Å². The summed E-state index contributed by atoms with van der Waals surface area (Å²) < 4.78 is 5.94. The van der Waals surface area contributed by atoms with Crippen LogP contribution >= 0.6 is 0 Å². The number of hydrogen-bond acceptors (Lipinski definition) is 5. The molecule has 65 heavy (non-hydrogen) atoms. The molecule has 3 unspecified atom stereocenters. The Kier molecular flexibility index (Phi) is 51.0. The van der Waals surface area contributed by atoms with Crippen molar-refractivity contribution in [3.05, 3.63) is 48.6 Å². The zero-order chi connectivity index (χ0) is 47.4. The van der Waals surface area contributed by atoms with E-state index in [0.717, 1.165) is 89.9 Å². The molecule has 0 rings (SSSR count). The van der Waals surface area contributed by atoms with Gasteiger partial charge < -0.3 is 20.3 Å². The summed E-state index contributed by atoms with van der Waals surface area (Å²) in [6, 6.07) is -0.711. The van der Waals surface area contributed by atoms with E-state index in [-0.39, 0.29) is 24.9 Å². The Labute approximate surface area is 404 Å². The Hall–Kier alpha value is -2.18. The van der Waals surface area contributed by atoms with Gasteiger partial charge in [-0.05, 0) is 70.6 Å². The number of nitrogens with one attached hydrogen (secondary N) is 1. The van der Waals surface area contributed by atoms with Crippen LogP contribution in [0, 0.1) is 0 Å². The van der Waals surface area contributed by atoms with Gasteiger partial charge in [-0.25, -0.2) is 0 Å². The number of esters is 1. The third-order valence-electron chi connectivity index (χ3n) is 13.0. The lowest BCUT2D eigenvalue weighted by atomic mass is 10.0. The van der Waals surface area contributed by atoms with Crippen LogP contribution in [0.5, 0.6) is 0 Å². The molecule has 6 heteroatoms. The van der Waals surface area contributed by atoms with Crippen molar-refractivity contribution in [2.24, 2.45) is 0 Å². The number of carbonyl (C=O) groups is 2. The number of allylic oxidation sites excluding steroid dienone is 8. The third kappa shape index (κ3) is 48.1. The first kappa shape index (κ1) is 62.8. The molecule has 0 radical (unpaired) electrons. The second kappa shape index (κ2) is 52.8. The molecule has 0 aromatic carbocycles. The highest BCUT2D eigenvalue weighted by atomic mass is 16.5. The molecule has 3 atom stereocenters. The summed E-state index contributed by atoms with van der Waals surface area (Å²) >= 11 is 0. The highest BCUT2D eigenvalue weighted by Crippen LogP contribution is 2.18. The van der Waals surface area contributed by atoms with Gasteiger partial charge in [-0.15, -0.1) is 0 Å². The van der Waals surface area contributed by atoms with E-state index in [1.807, 2.05) is 0 Å². The van der Waals surface area contributed by atoms with Gasteiger partial charge in [0.1, 0.15) is 6.10 Å². The summed E-state index contributed by atoms with van der Waals surface area (Å²) in [4.78, 5) is 26.2. The maximum Gasteiger partial charge on any atom is 0.306 e. The summed E-state index contributed by atoms with van der Waals surface area (Å²) in [6.07, 6.45) is 64.6. The molecule has 0 spiro atoms. The number of amides is 1. The smallest absolute Gasteiger partial charge is 0.306 e. The maximum atomic E-state index is 13.3. The number of aliphatic hydroxyl groups excluding tert-OH is 2. The number of carbonyl (C=O) groups excluding carboxylic acids is 2. The second-order valence-electron chi connectivity index (χ2n) is 19.4. The molecule has 0 bridgehead atoms. The molecular formula is C59H109NO5. The number of aliphatic hydroxyl groups is 2. The van der Waals surface area contributed by atoms with Gasteiger partial charge in [-0.1, -0.05) is 256 Å². The standard InChI is InChI=1S/C59H109NO5/c1-4-7-10-13-16-19-22-25-27-29-31-34-36-39-42-45-48-51-57(62)56(54-61)60-58(63)53-55(50-47-44-41-38-35-33-30-28-26-23-20-17-14-11-8-5-2)65-59(64)52-49-46-43-40-37-32-24-21-18-15-12-9-6-3/h9,12,15,18,21,24,33,35,55-57,61-62H,4-8,10-11,13-14,16-17,19-20,22-23,25-32,34,36-54H2,1-3H3,(H,60,63)/b12-9+,18-15+,24-21-,35-33+. The molecule has 0 fully saturated rings. The van der Waals surface area contributed by atoms with Crippen LogP contribution in [0.25, 0.3) is 0 Å². The quantitative estimate of drug-likeness (QED) is 0.0245. The second-order valence-corrected chi connectivity index (χ2v) is 19.4. The fourth-order valence-corrected chi connectivity index (χ4v) is 8.66. The van der Waals surface area contributed by atoms with E-state index in [9.17, 15) is 19.8 Å². The Balaban J connectivity index is 4.56. The molecular weight excluding hydrogens is 803 g/mol. The molecule has 0 aromatic heterocycles. The van der Waals surface area contributed by atoms with E-state index in [2.05, 4.69) is 74.7 Å². The van der Waals surface area contributed by atoms with E-state index in [1.165, 1.54) is 154 Å². The van der Waals surface area contributed by atoms with E-state index in [4.69, 9.17) is 4.74 Å². The Morgan fingerprint density at radius 2 is 0.846 bits per heavy atom. The Bertz CT molecular complexity index is 1110. The number of unbranched alkanes of at least 4 members (excludes halogenated alkanes) is 33. The minimum Gasteiger partial charge on any atom is -0.462 e. The predicted octanol–water partition coefficient (Wildman–Crippen LogP) is 17.4. The molecule has 1 amide bonds. The van der Waals surface area contributed by atoms with Gasteiger partial charge in [0.15, 0.2) is 0 Å². The average Bonchev–Trinajstić information content (AvgIpc) is 3.30. The third-order valence-corrected chi connectivity index (χ3v) is 13.0. The lowest BCUT2D eigenvalue weighted by Crippen LogP contribution is -2.46. The van der Waals surface area contributed by atoms with Gasteiger partial charge in [0.25, 0.3) is 0 Å². The molecule has 380 valence electrons. The van der Waals surface area contributed by atoms with Crippen LogP contribution < -0.4 is 5.32 Å². The van der Waals surface area contributed by atoms with Crippen molar-refractivity contribution in [2.45, 2.75) is 309 Å². The topological polar surface area (TPSA) is 95.9 Å². The van der Waals surface area contributed by atoms with Crippen molar-refractivity contribution in [1.82, 2.24) is 5.32 Å². The van der Waals surface area contributed by atoms with Gasteiger partial charge in [0.05, 0.1) is 25.2 Å². The fraction of sp³-hybridized carbons (Fsp3) is 0.831. The molecule has 0 aromatic rings. The molecule has 0 aliphatic rings. The van der Waals surface area contributed by atoms with Gasteiger partial charge >= 0.3 is 5.97 Å². The SMILES string of the molecule is CC/C=C/C=C/C=C\CCCCCCCC(=O)OC(CCCCC/C=C/CCCCCCCCCCC)CC(=O)NC(CO)C(O)CCCCCCCCCCCCCCCCCCC. The number of ether oxygens (including phenoxy) is 1. The van der Waals surface area contributed by atoms with Crippen molar-refractivity contribution in [3.8, 4) is 0 Å². The van der Waals surface area contributed by atoms with Crippen LogP contribution in [-0.4, -0.2) is 46.9 Å². The van der Waals surface area contributed by atoms with Crippen LogP contribution in [0.2, 0.25) is 0 Å². The highest BCUT2D eigenvalue weighted by Gasteiger charge is 2.24. The molecule has 0 aliphatic carbocycles. The van der Waals surface area contributed by atoms with Crippen LogP contribution in [0.15, 0.2) is 48.6 Å². The minimum atomic E-state index is -0.796. The van der Waals surface area contributed by atoms with Crippen LogP contribution in [0.1, 0.15) is 290 Å². The summed E-state index contributed by atoms with van der Waals surface area (Å²) in [7, 11) is 0. The Morgan fingerprint density at radius 3 is 1.31 bits per heavy atom. The van der Waals surface area contributed by atoms with Gasteiger partial charge in [-0.2, -0.15) is 0 Å². The van der Waals surface area contributed by atoms with Gasteiger partial charge in [0.2, 0.25) is 5.91 Å². The molecule has 0 saturated heterocycles. The van der Waals surface area contributed by atoms with Crippen molar-refractivity contribution < 1.29 is 24.5 Å². The first-order chi connectivity index (χ1) is 32.0. The molecule has 0 aliphatic heterocycles. The zero-order valence-electron chi connectivity index (χ0n) is 43.4. The van der Waals surface area contributed by atoms with E-state index < -0.39 is 18.2 Å². The highest BCUT2D eigenvalue weighted by molar-refractivity contribution is 5.77. The molecule has 0 heterocycles. The van der Waals surface area contributed by atoms with E-state index in [0.29, 0.717) is 19.3 Å². The van der Waals surface area contributed by atoms with E-state index >= 15 is 0 Å². The van der Waals surface area contributed by atoms with Crippen LogP contribution in [0.3, 0.4) is 0 Å². The fourth-order valence-electron chi connectivity index (χ4n) is 8.66. The lowest BCUT2D eigenvalue weighted by Gasteiger charge is -2.24. The molecule has 3 N–H and O–H groups in total. The molecule has 0 saturated carbocycles. The normalized spacial score (nSPS) is 13.5. The Morgan fingerprint density at radius 1 is 0.462 bits per heavy atom. The van der Waals surface area contributed by atoms with Crippen molar-refractivity contribution >= 4 is 11.9 Å². The first-order valence-electron chi connectivity index (χ1n) is 28.4. The van der Waals surface area contributed by atoms with Crippen molar-refractivity contribution in [1.29, 1.82) is 0 Å². The van der Waals surface area contributed by atoms with Crippen molar-refractivity contribution in [3.63, 3.8) is 0 Å². The summed E-state index contributed by atoms with van der Waals surface area (Å²) in [5.41, 5.74) is 0. The average molecular weight is 913 g/mol. The number of hydrogen-bond donors (Lipinski definition) is 3. The zero-order valence-corrected chi connectivity index (χ0v) is 43.4. The monoisotopic (exact) mass is 912 g/mol. The maximum absolute atomic E-state index is 13.3. The first-order valence-corrected chi connectivity index (χ1v) is 28.4. The van der Waals surface area contributed by atoms with Crippen LogP contribution in [-0.2, 0) is 14.3 Å². The largest absolute Gasteiger partial charge is 0.462 e. The summed E-state index contributed by atoms with van der Waals surface area (Å²) in [5, 5.41) is 23.9. The minimum absolute atomic E-state index is 0.0598.